The number of hydrogen-bond donors (Lipinski definition) is 4. The molecule has 4 N–H and O–H groups in total. The van der Waals surface area contributed by atoms with E-state index in [9.17, 15) is 4.79 Å². The summed E-state index contributed by atoms with van der Waals surface area (Å²) in [5.74, 6) is -0.213. The van der Waals surface area contributed by atoms with E-state index < -0.39 is 0 Å². The molecule has 0 aliphatic carbocycles. The average molecular weight is 269 g/mol. The van der Waals surface area contributed by atoms with E-state index in [0.29, 0.717) is 25.1 Å². The van der Waals surface area contributed by atoms with Gasteiger partial charge in [0.25, 0.3) is 0 Å². The highest BCUT2D eigenvalue weighted by atomic mass is 35.5. The monoisotopic (exact) mass is 268 g/mol. The third kappa shape index (κ3) is 6.60. The van der Waals surface area contributed by atoms with Crippen LogP contribution < -0.4 is 17.7 Å². The zero-order valence-corrected chi connectivity index (χ0v) is 10.8. The molecule has 0 aliphatic heterocycles. The molecule has 0 aromatic heterocycles. The smallest absolute Gasteiger partial charge is 0.246 e. The molecule has 0 aromatic rings. The Kier molecular flexibility index (Phi) is 10.3. The summed E-state index contributed by atoms with van der Waals surface area (Å²) in [5, 5.41) is 29.7. The van der Waals surface area contributed by atoms with Crippen molar-refractivity contribution in [1.29, 1.82) is 0 Å². The molecule has 17 heavy (non-hydrogen) atoms. The number of amides is 1. The Hall–Kier alpha value is -0.660. The molecule has 102 valence electrons. The minimum atomic E-state index is -0.332. The number of halogens is 1. The first-order chi connectivity index (χ1) is 7.51. The number of rotatable bonds is 8. The van der Waals surface area contributed by atoms with Crippen molar-refractivity contribution in [2.24, 2.45) is 0 Å². The number of carbonyl (C=O) groups excluding carboxylic acids is 1. The fourth-order valence-corrected chi connectivity index (χ4v) is 1.11. The number of nitrogens with one attached hydrogen (secondary N) is 1. The molecule has 0 fully saturated rings. The van der Waals surface area contributed by atoms with Crippen LogP contribution >= 0.6 is 0 Å². The van der Waals surface area contributed by atoms with Crippen molar-refractivity contribution in [3.8, 4) is 0 Å². The molecule has 0 rings (SSSR count). The molecule has 0 aliphatic rings. The Bertz CT molecular complexity index is 236. The highest BCUT2D eigenvalue weighted by molar-refractivity contribution is 5.91. The van der Waals surface area contributed by atoms with Crippen LogP contribution in [0, 0.1) is 0 Å². The van der Waals surface area contributed by atoms with Crippen LogP contribution in [0.1, 0.15) is 13.3 Å². The van der Waals surface area contributed by atoms with Gasteiger partial charge in [0.1, 0.15) is 0 Å². The molecule has 6 nitrogen and oxygen atoms in total. The van der Waals surface area contributed by atoms with E-state index in [1.165, 1.54) is 0 Å². The van der Waals surface area contributed by atoms with Gasteiger partial charge in [0.15, 0.2) is 20.2 Å². The number of carbonyl (C=O) groups is 1. The van der Waals surface area contributed by atoms with E-state index in [0.717, 1.165) is 0 Å². The summed E-state index contributed by atoms with van der Waals surface area (Å²) in [6.07, 6.45) is 0.556. The van der Waals surface area contributed by atoms with Gasteiger partial charge in [-0.2, -0.15) is 0 Å². The predicted molar refractivity (Wildman–Crippen MR) is 58.8 cm³/mol. The Morgan fingerprint density at radius 1 is 1.24 bits per heavy atom. The average Bonchev–Trinajstić information content (AvgIpc) is 2.30. The fraction of sp³-hybridized carbons (Fsp3) is 0.700. The maximum Gasteiger partial charge on any atom is 0.246 e. The van der Waals surface area contributed by atoms with E-state index in [-0.39, 0.29) is 43.0 Å². The molecule has 0 bridgehead atoms. The second kappa shape index (κ2) is 9.38. The lowest BCUT2D eigenvalue weighted by Gasteiger charge is -2.31. The van der Waals surface area contributed by atoms with Crippen LogP contribution in [-0.2, 0) is 4.79 Å². The van der Waals surface area contributed by atoms with Gasteiger partial charge in [-0.05, 0) is 6.92 Å². The van der Waals surface area contributed by atoms with Crippen LogP contribution in [0.4, 0.5) is 0 Å². The van der Waals surface area contributed by atoms with E-state index in [1.807, 2.05) is 0 Å². The standard InChI is InChI=1S/C10H20N2O4.ClH/c1-9(2)10(16)11-4-3-5-12(6-13,7-14)8-15;/h13-15H,1,3-8H2,2H3;1H. The van der Waals surface area contributed by atoms with Crippen LogP contribution in [0.15, 0.2) is 12.2 Å². The maximum atomic E-state index is 11.1. The lowest BCUT2D eigenvalue weighted by atomic mass is 10.3. The van der Waals surface area contributed by atoms with Gasteiger partial charge in [-0.3, -0.25) is 9.28 Å². The van der Waals surface area contributed by atoms with Crippen LogP contribution in [0.3, 0.4) is 0 Å². The SMILES string of the molecule is C=C(C)C(=O)NCCC[N+](CO)(CO)CO.[Cl-]. The molecule has 0 saturated heterocycles. The molecular formula is C10H21ClN2O4. The Morgan fingerprint density at radius 3 is 2.06 bits per heavy atom. The highest BCUT2D eigenvalue weighted by Gasteiger charge is 2.23. The van der Waals surface area contributed by atoms with Gasteiger partial charge < -0.3 is 33.0 Å². The molecule has 0 radical (unpaired) electrons. The van der Waals surface area contributed by atoms with Gasteiger partial charge in [0, 0.05) is 18.5 Å². The summed E-state index contributed by atoms with van der Waals surface area (Å²) < 4.78 is -0.192. The number of quaternary nitrogens is 1. The Balaban J connectivity index is 0. The molecule has 7 heteroatoms. The summed E-state index contributed by atoms with van der Waals surface area (Å²) in [7, 11) is 0. The highest BCUT2D eigenvalue weighted by Crippen LogP contribution is 2.03. The van der Waals surface area contributed by atoms with Crippen molar-refractivity contribution >= 4 is 5.91 Å². The number of aliphatic hydroxyl groups excluding tert-OH is 3. The lowest BCUT2D eigenvalue weighted by Crippen LogP contribution is -3.00. The largest absolute Gasteiger partial charge is 1.00 e. The first-order valence-electron chi connectivity index (χ1n) is 5.12. The lowest BCUT2D eigenvalue weighted by molar-refractivity contribution is -0.976. The minimum absolute atomic E-state index is 0. The molecule has 0 saturated carbocycles. The van der Waals surface area contributed by atoms with E-state index >= 15 is 0 Å². The van der Waals surface area contributed by atoms with E-state index in [2.05, 4.69) is 11.9 Å². The van der Waals surface area contributed by atoms with Gasteiger partial charge in [-0.25, -0.2) is 0 Å². The quantitative estimate of drug-likeness (QED) is 0.155. The third-order valence-electron chi connectivity index (χ3n) is 2.38. The summed E-state index contributed by atoms with van der Waals surface area (Å²) >= 11 is 0. The number of nitrogens with zero attached hydrogens (tertiary/aromatic N) is 1. The first-order valence-corrected chi connectivity index (χ1v) is 5.12. The second-order valence-electron chi connectivity index (χ2n) is 3.88. The number of aliphatic hydroxyl groups is 3. The molecule has 0 heterocycles. The third-order valence-corrected chi connectivity index (χ3v) is 2.38. The summed E-state index contributed by atoms with van der Waals surface area (Å²) in [5.41, 5.74) is 0.437. The summed E-state index contributed by atoms with van der Waals surface area (Å²) in [6, 6.07) is 0. The molecule has 0 spiro atoms. The minimum Gasteiger partial charge on any atom is -1.00 e. The zero-order valence-electron chi connectivity index (χ0n) is 10.0. The van der Waals surface area contributed by atoms with E-state index in [1.54, 1.807) is 6.92 Å². The van der Waals surface area contributed by atoms with Crippen molar-refractivity contribution in [3.05, 3.63) is 12.2 Å². The molecular weight excluding hydrogens is 248 g/mol. The van der Waals surface area contributed by atoms with Crippen LogP contribution in [0.5, 0.6) is 0 Å². The van der Waals surface area contributed by atoms with Gasteiger partial charge in [-0.1, -0.05) is 6.58 Å². The van der Waals surface area contributed by atoms with E-state index in [4.69, 9.17) is 15.3 Å². The van der Waals surface area contributed by atoms with Gasteiger partial charge in [0.2, 0.25) is 5.91 Å². The normalized spacial score (nSPS) is 10.6. The summed E-state index contributed by atoms with van der Waals surface area (Å²) in [6.45, 7) is 4.93. The van der Waals surface area contributed by atoms with Crippen LogP contribution in [-0.4, -0.2) is 59.0 Å². The molecule has 0 unspecified atom stereocenters. The first kappa shape index (κ1) is 18.7. The Labute approximate surface area is 108 Å². The van der Waals surface area contributed by atoms with Gasteiger partial charge in [0.05, 0.1) is 6.54 Å². The van der Waals surface area contributed by atoms with Crippen LogP contribution in [0.2, 0.25) is 0 Å². The molecule has 0 aromatic carbocycles. The van der Waals surface area contributed by atoms with Gasteiger partial charge >= 0.3 is 0 Å². The van der Waals surface area contributed by atoms with Crippen LogP contribution in [0.25, 0.3) is 0 Å². The van der Waals surface area contributed by atoms with Crippen molar-refractivity contribution in [2.75, 3.05) is 33.3 Å². The maximum absolute atomic E-state index is 11.1. The number of hydrogen-bond acceptors (Lipinski definition) is 4. The molecule has 0 atom stereocenters. The van der Waals surface area contributed by atoms with Crippen molar-refractivity contribution in [1.82, 2.24) is 5.32 Å². The van der Waals surface area contributed by atoms with Gasteiger partial charge in [-0.15, -0.1) is 0 Å². The topological polar surface area (TPSA) is 89.8 Å². The summed E-state index contributed by atoms with van der Waals surface area (Å²) in [4.78, 5) is 11.1. The van der Waals surface area contributed by atoms with Crippen molar-refractivity contribution < 1.29 is 37.0 Å². The second-order valence-corrected chi connectivity index (χ2v) is 3.88. The van der Waals surface area contributed by atoms with Crippen molar-refractivity contribution in [3.63, 3.8) is 0 Å². The Morgan fingerprint density at radius 2 is 1.71 bits per heavy atom. The predicted octanol–water partition coefficient (Wildman–Crippen LogP) is -4.26. The fourth-order valence-electron chi connectivity index (χ4n) is 1.11. The van der Waals surface area contributed by atoms with Crippen molar-refractivity contribution in [2.45, 2.75) is 13.3 Å². The molecule has 1 amide bonds. The zero-order chi connectivity index (χ0) is 12.6.